The van der Waals surface area contributed by atoms with Crippen LogP contribution in [0.25, 0.3) is 0 Å². The number of rotatable bonds is 6. The Bertz CT molecular complexity index is 809. The molecule has 2 heterocycles. The molecule has 30 heavy (non-hydrogen) atoms. The zero-order chi connectivity index (χ0) is 21.9. The van der Waals surface area contributed by atoms with Crippen LogP contribution >= 0.6 is 0 Å². The number of hydrogen-bond acceptors (Lipinski definition) is 4. The van der Waals surface area contributed by atoms with Crippen LogP contribution in [0.4, 0.5) is 5.69 Å². The van der Waals surface area contributed by atoms with Crippen LogP contribution in [0, 0.1) is 11.8 Å². The van der Waals surface area contributed by atoms with Gasteiger partial charge in [-0.3, -0.25) is 4.79 Å². The van der Waals surface area contributed by atoms with Gasteiger partial charge in [0.1, 0.15) is 0 Å². The van der Waals surface area contributed by atoms with Crippen molar-refractivity contribution < 1.29 is 13.2 Å². The summed E-state index contributed by atoms with van der Waals surface area (Å²) in [6.45, 7) is 7.30. The van der Waals surface area contributed by atoms with E-state index in [1.165, 1.54) is 41.2 Å². The molecule has 2 aliphatic rings. The van der Waals surface area contributed by atoms with Crippen LogP contribution in [0.3, 0.4) is 0 Å². The van der Waals surface area contributed by atoms with E-state index in [0.29, 0.717) is 25.9 Å². The first kappa shape index (κ1) is 23.0. The van der Waals surface area contributed by atoms with Gasteiger partial charge in [0.15, 0.2) is 0 Å². The van der Waals surface area contributed by atoms with Gasteiger partial charge in [-0.2, -0.15) is 17.0 Å². The third kappa shape index (κ3) is 5.34. The summed E-state index contributed by atoms with van der Waals surface area (Å²) >= 11 is 0. The highest BCUT2D eigenvalue weighted by Gasteiger charge is 2.32. The van der Waals surface area contributed by atoms with Crippen LogP contribution in [0.1, 0.15) is 51.1 Å². The summed E-state index contributed by atoms with van der Waals surface area (Å²) in [5.41, 5.74) is 2.34. The second-order valence-electron chi connectivity index (χ2n) is 8.95. The molecule has 0 aliphatic carbocycles. The van der Waals surface area contributed by atoms with Crippen LogP contribution in [0.2, 0.25) is 0 Å². The Morgan fingerprint density at radius 1 is 1.03 bits per heavy atom. The number of piperidine rings is 2. The van der Waals surface area contributed by atoms with Crippen molar-refractivity contribution in [3.8, 4) is 0 Å². The monoisotopic (exact) mass is 436 g/mol. The lowest BCUT2D eigenvalue weighted by atomic mass is 9.96. The van der Waals surface area contributed by atoms with E-state index in [-0.39, 0.29) is 17.9 Å². The lowest BCUT2D eigenvalue weighted by Gasteiger charge is -2.33. The van der Waals surface area contributed by atoms with Crippen LogP contribution in [0.15, 0.2) is 24.3 Å². The molecule has 8 heteroatoms. The second-order valence-corrected chi connectivity index (χ2v) is 11.1. The highest BCUT2D eigenvalue weighted by atomic mass is 32.2. The number of nitrogens with zero attached hydrogens (tertiary/aromatic N) is 3. The van der Waals surface area contributed by atoms with E-state index in [1.807, 2.05) is 6.92 Å². The number of carbonyl (C=O) groups is 1. The van der Waals surface area contributed by atoms with Crippen molar-refractivity contribution in [2.75, 3.05) is 45.2 Å². The standard InChI is InChI=1S/C22H36N4O3S/c1-17-9-13-25(14-10-17)21-7-5-19(6-8-21)18(2)23-22(27)20-11-15-26(16-12-20)30(28,29)24(3)4/h5-8,17-18,20H,9-16H2,1-4H3,(H,23,27). The quantitative estimate of drug-likeness (QED) is 0.744. The molecular formula is C22H36N4O3S. The third-order valence-corrected chi connectivity index (χ3v) is 8.45. The van der Waals surface area contributed by atoms with Crippen molar-refractivity contribution in [3.05, 3.63) is 29.8 Å². The fraction of sp³-hybridized carbons (Fsp3) is 0.682. The molecule has 0 radical (unpaired) electrons. The highest BCUT2D eigenvalue weighted by molar-refractivity contribution is 7.86. The van der Waals surface area contributed by atoms with E-state index in [2.05, 4.69) is 41.4 Å². The molecule has 2 fully saturated rings. The molecule has 1 aromatic rings. The van der Waals surface area contributed by atoms with Gasteiger partial charge in [0.2, 0.25) is 5.91 Å². The Balaban J connectivity index is 1.51. The van der Waals surface area contributed by atoms with Gasteiger partial charge >= 0.3 is 0 Å². The molecule has 0 saturated carbocycles. The van der Waals surface area contributed by atoms with Gasteiger partial charge in [-0.25, -0.2) is 0 Å². The Labute approximate surface area is 181 Å². The van der Waals surface area contributed by atoms with Crippen LogP contribution in [0.5, 0.6) is 0 Å². The maximum absolute atomic E-state index is 12.7. The first-order valence-electron chi connectivity index (χ1n) is 11.0. The van der Waals surface area contributed by atoms with Gasteiger partial charge in [-0.05, 0) is 56.2 Å². The molecule has 2 aliphatic heterocycles. The van der Waals surface area contributed by atoms with Gasteiger partial charge in [0, 0.05) is 51.9 Å². The van der Waals surface area contributed by atoms with Gasteiger partial charge in [0.25, 0.3) is 10.2 Å². The SMILES string of the molecule is CC1CCN(c2ccc(C(C)NC(=O)C3CCN(S(=O)(=O)N(C)C)CC3)cc2)CC1. The van der Waals surface area contributed by atoms with Crippen molar-refractivity contribution in [1.82, 2.24) is 13.9 Å². The average Bonchev–Trinajstić information content (AvgIpc) is 2.74. The summed E-state index contributed by atoms with van der Waals surface area (Å²) in [7, 11) is -0.332. The Kier molecular flexibility index (Phi) is 7.42. The molecule has 1 aromatic carbocycles. The lowest BCUT2D eigenvalue weighted by molar-refractivity contribution is -0.126. The minimum absolute atomic E-state index is 0.0125. The number of amides is 1. The molecule has 0 spiro atoms. The van der Waals surface area contributed by atoms with Crippen LogP contribution in [-0.4, -0.2) is 63.2 Å². The molecule has 1 atom stereocenters. The zero-order valence-corrected chi connectivity index (χ0v) is 19.5. The number of benzene rings is 1. The van der Waals surface area contributed by atoms with E-state index in [4.69, 9.17) is 0 Å². The van der Waals surface area contributed by atoms with E-state index in [0.717, 1.165) is 24.6 Å². The molecule has 7 nitrogen and oxygen atoms in total. The average molecular weight is 437 g/mol. The zero-order valence-electron chi connectivity index (χ0n) is 18.7. The predicted molar refractivity (Wildman–Crippen MR) is 121 cm³/mol. The molecule has 1 unspecified atom stereocenters. The molecule has 168 valence electrons. The summed E-state index contributed by atoms with van der Waals surface area (Å²) in [4.78, 5) is 15.2. The Morgan fingerprint density at radius 3 is 2.13 bits per heavy atom. The number of nitrogens with one attached hydrogen (secondary N) is 1. The van der Waals surface area contributed by atoms with Crippen LogP contribution < -0.4 is 10.2 Å². The maximum atomic E-state index is 12.7. The van der Waals surface area contributed by atoms with Crippen molar-refractivity contribution >= 4 is 21.8 Å². The minimum Gasteiger partial charge on any atom is -0.372 e. The highest BCUT2D eigenvalue weighted by Crippen LogP contribution is 2.26. The van der Waals surface area contributed by atoms with Crippen molar-refractivity contribution in [1.29, 1.82) is 0 Å². The summed E-state index contributed by atoms with van der Waals surface area (Å²) in [6.07, 6.45) is 3.58. The van der Waals surface area contributed by atoms with Crippen molar-refractivity contribution in [3.63, 3.8) is 0 Å². The fourth-order valence-electron chi connectivity index (χ4n) is 4.23. The van der Waals surface area contributed by atoms with E-state index >= 15 is 0 Å². The maximum Gasteiger partial charge on any atom is 0.281 e. The normalized spacial score (nSPS) is 21.0. The topological polar surface area (TPSA) is 73.0 Å². The lowest BCUT2D eigenvalue weighted by Crippen LogP contribution is -2.47. The predicted octanol–water partition coefficient (Wildman–Crippen LogP) is 2.62. The fourth-order valence-corrected chi connectivity index (χ4v) is 5.37. The third-order valence-electron chi connectivity index (χ3n) is 6.51. The van der Waals surface area contributed by atoms with E-state index < -0.39 is 10.2 Å². The van der Waals surface area contributed by atoms with Gasteiger partial charge in [-0.15, -0.1) is 0 Å². The molecule has 3 rings (SSSR count). The second kappa shape index (κ2) is 9.66. The van der Waals surface area contributed by atoms with Gasteiger partial charge in [-0.1, -0.05) is 19.1 Å². The number of carbonyl (C=O) groups excluding carboxylic acids is 1. The molecule has 0 bridgehead atoms. The first-order valence-corrected chi connectivity index (χ1v) is 12.4. The van der Waals surface area contributed by atoms with E-state index in [9.17, 15) is 13.2 Å². The van der Waals surface area contributed by atoms with Gasteiger partial charge < -0.3 is 10.2 Å². The number of hydrogen-bond donors (Lipinski definition) is 1. The van der Waals surface area contributed by atoms with Crippen LogP contribution in [-0.2, 0) is 15.0 Å². The van der Waals surface area contributed by atoms with Crippen molar-refractivity contribution in [2.24, 2.45) is 11.8 Å². The molecule has 2 saturated heterocycles. The van der Waals surface area contributed by atoms with E-state index in [1.54, 1.807) is 0 Å². The summed E-state index contributed by atoms with van der Waals surface area (Å²) in [5, 5.41) is 3.12. The molecule has 1 N–H and O–H groups in total. The molecular weight excluding hydrogens is 400 g/mol. The summed E-state index contributed by atoms with van der Waals surface area (Å²) in [5.74, 6) is 0.680. The largest absolute Gasteiger partial charge is 0.372 e. The van der Waals surface area contributed by atoms with Gasteiger partial charge in [0.05, 0.1) is 6.04 Å². The Hall–Kier alpha value is -1.64. The van der Waals surface area contributed by atoms with Crippen molar-refractivity contribution in [2.45, 2.75) is 45.6 Å². The summed E-state index contributed by atoms with van der Waals surface area (Å²) in [6, 6.07) is 8.43. The first-order chi connectivity index (χ1) is 14.2. The smallest absolute Gasteiger partial charge is 0.281 e. The molecule has 0 aromatic heterocycles. The molecule has 1 amide bonds. The Morgan fingerprint density at radius 2 is 1.60 bits per heavy atom. The number of anilines is 1. The minimum atomic E-state index is -3.40. The summed E-state index contributed by atoms with van der Waals surface area (Å²) < 4.78 is 27.1.